The number of carbonyl (C=O) groups excluding carboxylic acids is 2. The lowest BCUT2D eigenvalue weighted by atomic mass is 10.2. The summed E-state index contributed by atoms with van der Waals surface area (Å²) in [7, 11) is 3.56. The Morgan fingerprint density at radius 1 is 1.15 bits per heavy atom. The van der Waals surface area contributed by atoms with Gasteiger partial charge in [-0.3, -0.25) is 14.5 Å². The first-order valence-corrected chi connectivity index (χ1v) is 7.35. The molecule has 0 aliphatic heterocycles. The molecule has 0 atom stereocenters. The molecule has 0 bridgehead atoms. The van der Waals surface area contributed by atoms with Crippen LogP contribution in [-0.4, -0.2) is 73.1 Å². The van der Waals surface area contributed by atoms with Crippen LogP contribution in [-0.2, 0) is 9.59 Å². The highest BCUT2D eigenvalue weighted by Crippen LogP contribution is 2.18. The minimum Gasteiger partial charge on any atom is -0.396 e. The summed E-state index contributed by atoms with van der Waals surface area (Å²) < 4.78 is 0. The molecular formula is C14H27N3O3. The Bertz CT molecular complexity index is 319. The number of nitrogens with one attached hydrogen (secondary N) is 1. The van der Waals surface area contributed by atoms with Crippen LogP contribution in [0.2, 0.25) is 0 Å². The number of aliphatic hydroxyl groups is 1. The van der Waals surface area contributed by atoms with E-state index in [0.717, 1.165) is 38.6 Å². The topological polar surface area (TPSA) is 72.9 Å². The van der Waals surface area contributed by atoms with Crippen molar-refractivity contribution in [1.29, 1.82) is 0 Å². The zero-order valence-corrected chi connectivity index (χ0v) is 12.6. The third kappa shape index (κ3) is 7.45. The number of hydrogen-bond acceptors (Lipinski definition) is 4. The molecule has 0 radical (unpaired) electrons. The molecule has 1 aliphatic rings. The molecule has 0 aromatic heterocycles. The summed E-state index contributed by atoms with van der Waals surface area (Å²) in [5, 5.41) is 11.6. The van der Waals surface area contributed by atoms with E-state index in [-0.39, 0.29) is 25.0 Å². The van der Waals surface area contributed by atoms with Gasteiger partial charge in [-0.1, -0.05) is 0 Å². The third-order valence-electron chi connectivity index (χ3n) is 3.35. The molecule has 1 fully saturated rings. The average Bonchev–Trinajstić information content (AvgIpc) is 3.18. The van der Waals surface area contributed by atoms with Gasteiger partial charge in [-0.25, -0.2) is 0 Å². The molecule has 0 saturated heterocycles. The van der Waals surface area contributed by atoms with Gasteiger partial charge in [0.05, 0.1) is 13.1 Å². The quantitative estimate of drug-likeness (QED) is 0.546. The van der Waals surface area contributed by atoms with Crippen molar-refractivity contribution < 1.29 is 14.7 Å². The fraction of sp³-hybridized carbons (Fsp3) is 0.857. The van der Waals surface area contributed by atoms with Crippen molar-refractivity contribution >= 4 is 11.8 Å². The fourth-order valence-corrected chi connectivity index (χ4v) is 1.91. The lowest BCUT2D eigenvalue weighted by Gasteiger charge is -2.21. The van der Waals surface area contributed by atoms with Crippen LogP contribution >= 0.6 is 0 Å². The summed E-state index contributed by atoms with van der Waals surface area (Å²) in [5.41, 5.74) is 0. The van der Waals surface area contributed by atoms with Crippen LogP contribution in [0.25, 0.3) is 0 Å². The second-order valence-electron chi connectivity index (χ2n) is 5.61. The highest BCUT2D eigenvalue weighted by atomic mass is 16.3. The zero-order valence-electron chi connectivity index (χ0n) is 12.6. The Labute approximate surface area is 121 Å². The van der Waals surface area contributed by atoms with Crippen molar-refractivity contribution in [2.24, 2.45) is 0 Å². The smallest absolute Gasteiger partial charge is 0.239 e. The molecule has 6 heteroatoms. The largest absolute Gasteiger partial charge is 0.396 e. The van der Waals surface area contributed by atoms with Crippen molar-refractivity contribution in [3.63, 3.8) is 0 Å². The zero-order chi connectivity index (χ0) is 15.0. The number of hydrogen-bond donors (Lipinski definition) is 2. The molecule has 0 unspecified atom stereocenters. The average molecular weight is 285 g/mol. The standard InChI is InChI=1S/C14H27N3O3/c1-16(8-4-3-5-9-18)11-14(20)17(2)10-13(19)15-12-6-7-12/h12,18H,3-11H2,1-2H3,(H,15,19). The van der Waals surface area contributed by atoms with E-state index in [2.05, 4.69) is 5.32 Å². The Morgan fingerprint density at radius 3 is 2.45 bits per heavy atom. The summed E-state index contributed by atoms with van der Waals surface area (Å²) in [5.74, 6) is -0.116. The van der Waals surface area contributed by atoms with Crippen LogP contribution in [0.1, 0.15) is 32.1 Å². The maximum atomic E-state index is 11.9. The number of aliphatic hydroxyl groups excluding tert-OH is 1. The summed E-state index contributed by atoms with van der Waals surface area (Å²) in [6, 6.07) is 0.334. The van der Waals surface area contributed by atoms with E-state index in [1.165, 1.54) is 4.90 Å². The van der Waals surface area contributed by atoms with Crippen molar-refractivity contribution in [2.75, 3.05) is 40.3 Å². The highest BCUT2D eigenvalue weighted by molar-refractivity contribution is 5.85. The maximum absolute atomic E-state index is 11.9. The summed E-state index contributed by atoms with van der Waals surface area (Å²) in [6.45, 7) is 1.51. The lowest BCUT2D eigenvalue weighted by Crippen LogP contribution is -2.43. The molecule has 1 rings (SSSR count). The number of rotatable bonds is 10. The number of unbranched alkanes of at least 4 members (excludes halogenated alkanes) is 2. The van der Waals surface area contributed by atoms with Gasteiger partial charge >= 0.3 is 0 Å². The Kier molecular flexibility index (Phi) is 7.54. The first kappa shape index (κ1) is 16.9. The van der Waals surface area contributed by atoms with Crippen LogP contribution in [0.5, 0.6) is 0 Å². The van der Waals surface area contributed by atoms with E-state index < -0.39 is 0 Å². The Morgan fingerprint density at radius 2 is 1.85 bits per heavy atom. The molecule has 2 N–H and O–H groups in total. The Hall–Kier alpha value is -1.14. The van der Waals surface area contributed by atoms with E-state index in [9.17, 15) is 9.59 Å². The second kappa shape index (κ2) is 8.92. The molecule has 116 valence electrons. The van der Waals surface area contributed by atoms with Crippen molar-refractivity contribution in [2.45, 2.75) is 38.1 Å². The molecule has 20 heavy (non-hydrogen) atoms. The van der Waals surface area contributed by atoms with Gasteiger partial charge in [0.15, 0.2) is 0 Å². The minimum atomic E-state index is -0.0750. The van der Waals surface area contributed by atoms with Gasteiger partial charge in [-0.05, 0) is 45.7 Å². The molecule has 2 amide bonds. The molecule has 0 aromatic rings. The molecule has 1 aliphatic carbocycles. The second-order valence-corrected chi connectivity index (χ2v) is 5.61. The number of carbonyl (C=O) groups is 2. The van der Waals surface area contributed by atoms with Crippen LogP contribution in [0, 0.1) is 0 Å². The molecule has 0 aromatic carbocycles. The number of amides is 2. The number of nitrogens with zero attached hydrogens (tertiary/aromatic N) is 2. The van der Waals surface area contributed by atoms with Gasteiger partial charge in [0.2, 0.25) is 11.8 Å². The van der Waals surface area contributed by atoms with Crippen molar-refractivity contribution in [3.8, 4) is 0 Å². The summed E-state index contributed by atoms with van der Waals surface area (Å²) >= 11 is 0. The van der Waals surface area contributed by atoms with E-state index in [1.807, 2.05) is 11.9 Å². The molecule has 0 spiro atoms. The van der Waals surface area contributed by atoms with Crippen LogP contribution in [0.4, 0.5) is 0 Å². The van der Waals surface area contributed by atoms with Gasteiger partial charge in [0.1, 0.15) is 0 Å². The fourth-order valence-electron chi connectivity index (χ4n) is 1.91. The van der Waals surface area contributed by atoms with Crippen LogP contribution in [0.15, 0.2) is 0 Å². The normalized spacial score (nSPS) is 14.4. The first-order chi connectivity index (χ1) is 9.52. The van der Waals surface area contributed by atoms with E-state index in [0.29, 0.717) is 12.6 Å². The first-order valence-electron chi connectivity index (χ1n) is 7.35. The minimum absolute atomic E-state index is 0.0411. The summed E-state index contributed by atoms with van der Waals surface area (Å²) in [4.78, 5) is 27.0. The van der Waals surface area contributed by atoms with E-state index in [4.69, 9.17) is 5.11 Å². The maximum Gasteiger partial charge on any atom is 0.239 e. The van der Waals surface area contributed by atoms with E-state index >= 15 is 0 Å². The molecular weight excluding hydrogens is 258 g/mol. The molecule has 0 heterocycles. The lowest BCUT2D eigenvalue weighted by molar-refractivity contribution is -0.135. The highest BCUT2D eigenvalue weighted by Gasteiger charge is 2.24. The predicted octanol–water partition coefficient (Wildman–Crippen LogP) is -0.182. The van der Waals surface area contributed by atoms with Crippen LogP contribution in [0.3, 0.4) is 0 Å². The van der Waals surface area contributed by atoms with E-state index in [1.54, 1.807) is 7.05 Å². The molecule has 1 saturated carbocycles. The van der Waals surface area contributed by atoms with Gasteiger partial charge in [-0.15, -0.1) is 0 Å². The monoisotopic (exact) mass is 285 g/mol. The van der Waals surface area contributed by atoms with Crippen LogP contribution < -0.4 is 5.32 Å². The predicted molar refractivity (Wildman–Crippen MR) is 77.2 cm³/mol. The Balaban J connectivity index is 2.13. The van der Waals surface area contributed by atoms with Gasteiger partial charge in [0, 0.05) is 19.7 Å². The van der Waals surface area contributed by atoms with Gasteiger partial charge < -0.3 is 15.3 Å². The third-order valence-corrected chi connectivity index (χ3v) is 3.35. The van der Waals surface area contributed by atoms with Gasteiger partial charge in [0.25, 0.3) is 0 Å². The van der Waals surface area contributed by atoms with Gasteiger partial charge in [-0.2, -0.15) is 0 Å². The summed E-state index contributed by atoms with van der Waals surface area (Å²) in [6.07, 6.45) is 4.86. The van der Waals surface area contributed by atoms with Crippen molar-refractivity contribution in [1.82, 2.24) is 15.1 Å². The van der Waals surface area contributed by atoms with Crippen molar-refractivity contribution in [3.05, 3.63) is 0 Å². The SMILES string of the molecule is CN(CCCCCO)CC(=O)N(C)CC(=O)NC1CC1. The molecule has 6 nitrogen and oxygen atoms in total. The number of likely N-dealkylation sites (N-methyl/N-ethyl adjacent to an activating group) is 2.